The van der Waals surface area contributed by atoms with Crippen molar-refractivity contribution in [3.05, 3.63) is 57.2 Å². The van der Waals surface area contributed by atoms with Gasteiger partial charge < -0.3 is 9.84 Å². The molecule has 5 nitrogen and oxygen atoms in total. The lowest BCUT2D eigenvalue weighted by atomic mass is 10.1. The molecule has 2 aromatic carbocycles. The Balaban J connectivity index is 2.10. The molecule has 2 aromatic rings. The topological polar surface area (TPSA) is 70.9 Å². The second-order valence-corrected chi connectivity index (χ2v) is 5.70. The van der Waals surface area contributed by atoms with E-state index < -0.39 is 0 Å². The Bertz CT molecular complexity index is 712. The molecule has 6 heteroatoms. The minimum Gasteiger partial charge on any atom is -0.508 e. The molecule has 0 bridgehead atoms. The predicted octanol–water partition coefficient (Wildman–Crippen LogP) is 3.16. The Labute approximate surface area is 142 Å². The van der Waals surface area contributed by atoms with Crippen molar-refractivity contribution in [2.24, 2.45) is 5.10 Å². The fourth-order valence-corrected chi connectivity index (χ4v) is 2.51. The lowest BCUT2D eigenvalue weighted by Crippen LogP contribution is -2.19. The maximum atomic E-state index is 12.1. The standard InChI is InChI=1S/C16H15IN2O3/c1-10(11-3-6-13(20)7-4-11)18-19-16(21)12-5-8-15(22-2)14(17)9-12/h3-9,20H,1-2H3,(H,19,21)/b18-10+. The van der Waals surface area contributed by atoms with E-state index >= 15 is 0 Å². The van der Waals surface area contributed by atoms with E-state index in [-0.39, 0.29) is 11.7 Å². The first-order valence-corrected chi connectivity index (χ1v) is 7.56. The van der Waals surface area contributed by atoms with Crippen molar-refractivity contribution in [1.29, 1.82) is 0 Å². The molecule has 0 atom stereocenters. The Hall–Kier alpha value is -2.09. The number of amides is 1. The summed E-state index contributed by atoms with van der Waals surface area (Å²) in [5.41, 5.74) is 4.50. The quantitative estimate of drug-likeness (QED) is 0.462. The molecule has 0 saturated heterocycles. The largest absolute Gasteiger partial charge is 0.508 e. The van der Waals surface area contributed by atoms with E-state index in [0.29, 0.717) is 11.3 Å². The zero-order valence-corrected chi connectivity index (χ0v) is 14.3. The number of hydrogen-bond acceptors (Lipinski definition) is 4. The lowest BCUT2D eigenvalue weighted by Gasteiger charge is -2.06. The third-order valence-corrected chi connectivity index (χ3v) is 3.87. The van der Waals surface area contributed by atoms with Crippen LogP contribution in [-0.2, 0) is 0 Å². The lowest BCUT2D eigenvalue weighted by molar-refractivity contribution is 0.0954. The number of nitrogens with one attached hydrogen (secondary N) is 1. The SMILES string of the molecule is COc1ccc(C(=O)N/N=C(\C)c2ccc(O)cc2)cc1I. The van der Waals surface area contributed by atoms with E-state index in [2.05, 4.69) is 33.1 Å². The van der Waals surface area contributed by atoms with Gasteiger partial charge in [0, 0.05) is 5.56 Å². The monoisotopic (exact) mass is 410 g/mol. The fourth-order valence-electron chi connectivity index (χ4n) is 1.77. The first kappa shape index (κ1) is 16.3. The summed E-state index contributed by atoms with van der Waals surface area (Å²) in [5.74, 6) is 0.619. The minimum atomic E-state index is -0.293. The van der Waals surface area contributed by atoms with Crippen molar-refractivity contribution in [3.8, 4) is 11.5 Å². The molecular weight excluding hydrogens is 395 g/mol. The van der Waals surface area contributed by atoms with Crippen LogP contribution in [0, 0.1) is 3.57 Å². The first-order valence-electron chi connectivity index (χ1n) is 6.49. The van der Waals surface area contributed by atoms with Gasteiger partial charge in [0.05, 0.1) is 16.4 Å². The molecular formula is C16H15IN2O3. The van der Waals surface area contributed by atoms with Gasteiger partial charge in [0.15, 0.2) is 0 Å². The van der Waals surface area contributed by atoms with Gasteiger partial charge in [0.2, 0.25) is 0 Å². The average Bonchev–Trinajstić information content (AvgIpc) is 2.52. The highest BCUT2D eigenvalue weighted by Crippen LogP contribution is 2.21. The molecule has 0 aliphatic rings. The summed E-state index contributed by atoms with van der Waals surface area (Å²) in [5, 5.41) is 13.3. The number of rotatable bonds is 4. The van der Waals surface area contributed by atoms with Gasteiger partial charge in [0.25, 0.3) is 5.91 Å². The van der Waals surface area contributed by atoms with E-state index in [1.54, 1.807) is 56.5 Å². The molecule has 22 heavy (non-hydrogen) atoms. The van der Waals surface area contributed by atoms with Gasteiger partial charge in [0.1, 0.15) is 11.5 Å². The molecule has 114 valence electrons. The summed E-state index contributed by atoms with van der Waals surface area (Å²) in [6.45, 7) is 1.78. The molecule has 1 amide bonds. The number of carbonyl (C=O) groups excluding carboxylic acids is 1. The van der Waals surface area contributed by atoms with Crippen LogP contribution in [0.15, 0.2) is 47.6 Å². The molecule has 0 aliphatic carbocycles. The van der Waals surface area contributed by atoms with Crippen LogP contribution in [-0.4, -0.2) is 23.8 Å². The highest BCUT2D eigenvalue weighted by Gasteiger charge is 2.08. The third-order valence-electron chi connectivity index (χ3n) is 3.02. The second-order valence-electron chi connectivity index (χ2n) is 4.53. The number of nitrogens with zero attached hydrogens (tertiary/aromatic N) is 1. The summed E-state index contributed by atoms with van der Waals surface area (Å²) in [6, 6.07) is 11.8. The van der Waals surface area contributed by atoms with Crippen molar-refractivity contribution in [2.75, 3.05) is 7.11 Å². The molecule has 0 radical (unpaired) electrons. The zero-order chi connectivity index (χ0) is 16.1. The van der Waals surface area contributed by atoms with Gasteiger partial charge in [-0.2, -0.15) is 5.10 Å². The van der Waals surface area contributed by atoms with Crippen LogP contribution < -0.4 is 10.2 Å². The minimum absolute atomic E-state index is 0.188. The van der Waals surface area contributed by atoms with E-state index in [1.807, 2.05) is 0 Å². The number of ether oxygens (including phenoxy) is 1. The average molecular weight is 410 g/mol. The molecule has 0 heterocycles. The second kappa shape index (κ2) is 7.26. The van der Waals surface area contributed by atoms with Gasteiger partial charge in [-0.3, -0.25) is 4.79 Å². The summed E-state index contributed by atoms with van der Waals surface area (Å²) >= 11 is 2.11. The number of hydrazone groups is 1. The summed E-state index contributed by atoms with van der Waals surface area (Å²) in [4.78, 5) is 12.1. The van der Waals surface area contributed by atoms with Crippen LogP contribution in [0.5, 0.6) is 11.5 Å². The highest BCUT2D eigenvalue weighted by molar-refractivity contribution is 14.1. The summed E-state index contributed by atoms with van der Waals surface area (Å²) in [7, 11) is 1.59. The third kappa shape index (κ3) is 3.97. The van der Waals surface area contributed by atoms with Crippen LogP contribution in [0.1, 0.15) is 22.8 Å². The van der Waals surface area contributed by atoms with Crippen LogP contribution in [0.2, 0.25) is 0 Å². The van der Waals surface area contributed by atoms with Gasteiger partial charge in [-0.25, -0.2) is 5.43 Å². The van der Waals surface area contributed by atoms with Crippen molar-refractivity contribution >= 4 is 34.2 Å². The molecule has 0 unspecified atom stereocenters. The summed E-state index contributed by atoms with van der Waals surface area (Å²) in [6.07, 6.45) is 0. The van der Waals surface area contributed by atoms with Crippen molar-refractivity contribution in [1.82, 2.24) is 5.43 Å². The molecule has 2 rings (SSSR count). The first-order chi connectivity index (χ1) is 10.5. The maximum Gasteiger partial charge on any atom is 0.271 e. The Morgan fingerprint density at radius 1 is 1.18 bits per heavy atom. The highest BCUT2D eigenvalue weighted by atomic mass is 127. The molecule has 0 saturated carbocycles. The van der Waals surface area contributed by atoms with Gasteiger partial charge in [-0.15, -0.1) is 0 Å². The predicted molar refractivity (Wildman–Crippen MR) is 93.5 cm³/mol. The van der Waals surface area contributed by atoms with Crippen LogP contribution >= 0.6 is 22.6 Å². The number of phenolic OH excluding ortho intramolecular Hbond substituents is 1. The number of benzene rings is 2. The maximum absolute atomic E-state index is 12.1. The number of aromatic hydroxyl groups is 1. The number of halogens is 1. The van der Waals surface area contributed by atoms with Gasteiger partial charge in [-0.05, 0) is 77.5 Å². The molecule has 0 aliphatic heterocycles. The van der Waals surface area contributed by atoms with Gasteiger partial charge >= 0.3 is 0 Å². The Kier molecular flexibility index (Phi) is 5.37. The van der Waals surface area contributed by atoms with Crippen molar-refractivity contribution < 1.29 is 14.6 Å². The Morgan fingerprint density at radius 2 is 1.82 bits per heavy atom. The molecule has 0 aromatic heterocycles. The zero-order valence-electron chi connectivity index (χ0n) is 12.1. The van der Waals surface area contributed by atoms with Crippen molar-refractivity contribution in [3.63, 3.8) is 0 Å². The fraction of sp³-hybridized carbons (Fsp3) is 0.125. The van der Waals surface area contributed by atoms with E-state index in [4.69, 9.17) is 4.74 Å². The normalized spacial score (nSPS) is 11.1. The number of methoxy groups -OCH3 is 1. The van der Waals surface area contributed by atoms with Gasteiger partial charge in [-0.1, -0.05) is 0 Å². The van der Waals surface area contributed by atoms with Crippen LogP contribution in [0.3, 0.4) is 0 Å². The number of phenols is 1. The van der Waals surface area contributed by atoms with E-state index in [9.17, 15) is 9.90 Å². The van der Waals surface area contributed by atoms with E-state index in [0.717, 1.165) is 14.9 Å². The molecule has 0 spiro atoms. The molecule has 0 fully saturated rings. The Morgan fingerprint density at radius 3 is 2.41 bits per heavy atom. The number of carbonyl (C=O) groups is 1. The molecule has 2 N–H and O–H groups in total. The summed E-state index contributed by atoms with van der Waals surface area (Å²) < 4.78 is 6.01. The van der Waals surface area contributed by atoms with E-state index in [1.165, 1.54) is 0 Å². The van der Waals surface area contributed by atoms with Crippen molar-refractivity contribution in [2.45, 2.75) is 6.92 Å². The van der Waals surface area contributed by atoms with Crippen LogP contribution in [0.25, 0.3) is 0 Å². The smallest absolute Gasteiger partial charge is 0.271 e. The van der Waals surface area contributed by atoms with Crippen LogP contribution in [0.4, 0.5) is 0 Å². The number of hydrogen-bond donors (Lipinski definition) is 2.